The van der Waals surface area contributed by atoms with Gasteiger partial charge in [-0.15, -0.1) is 0 Å². The number of aromatic nitrogens is 1. The van der Waals surface area contributed by atoms with E-state index in [4.69, 9.17) is 4.74 Å². The van der Waals surface area contributed by atoms with Crippen LogP contribution in [0.1, 0.15) is 29.3 Å². The lowest BCUT2D eigenvalue weighted by atomic mass is 10.0. The minimum absolute atomic E-state index is 0.0804. The van der Waals surface area contributed by atoms with Gasteiger partial charge >= 0.3 is 0 Å². The topological polar surface area (TPSA) is 42.4 Å². The molecule has 0 spiro atoms. The minimum atomic E-state index is 0.0804. The number of rotatable bonds is 1. The molecule has 2 aliphatic heterocycles. The highest BCUT2D eigenvalue weighted by molar-refractivity contribution is 5.94. The largest absolute Gasteiger partial charge is 0.373 e. The summed E-state index contributed by atoms with van der Waals surface area (Å²) in [7, 11) is 0. The van der Waals surface area contributed by atoms with Gasteiger partial charge in [-0.05, 0) is 31.9 Å². The molecule has 2 aliphatic rings. The standard InChI is InChI=1S/C14H18N2O2/c1-9-3-11(6-15-5-9)14(17)16-7-12-4-10(2)18-13(12)8-16/h3,5-6,10,12-13H,4,7-8H2,1-2H3/t10-,12+,13-/m1/s1. The molecule has 1 aromatic rings. The molecule has 4 nitrogen and oxygen atoms in total. The monoisotopic (exact) mass is 246 g/mol. The van der Waals surface area contributed by atoms with Crippen molar-refractivity contribution in [1.82, 2.24) is 9.88 Å². The maximum atomic E-state index is 12.3. The molecule has 1 aromatic heterocycles. The third-order valence-electron chi connectivity index (χ3n) is 3.83. The molecule has 4 heteroatoms. The summed E-state index contributed by atoms with van der Waals surface area (Å²) >= 11 is 0. The quantitative estimate of drug-likeness (QED) is 0.756. The summed E-state index contributed by atoms with van der Waals surface area (Å²) < 4.78 is 5.82. The predicted molar refractivity (Wildman–Crippen MR) is 67.3 cm³/mol. The Labute approximate surface area is 107 Å². The number of fused-ring (bicyclic) bond motifs is 1. The second-order valence-corrected chi connectivity index (χ2v) is 5.44. The van der Waals surface area contributed by atoms with Crippen molar-refractivity contribution in [2.45, 2.75) is 32.5 Å². The molecule has 3 heterocycles. The number of hydrogen-bond donors (Lipinski definition) is 0. The second-order valence-electron chi connectivity index (χ2n) is 5.44. The maximum Gasteiger partial charge on any atom is 0.255 e. The van der Waals surface area contributed by atoms with Crippen LogP contribution in [0.25, 0.3) is 0 Å². The van der Waals surface area contributed by atoms with Gasteiger partial charge in [-0.3, -0.25) is 9.78 Å². The van der Waals surface area contributed by atoms with Crippen molar-refractivity contribution >= 4 is 5.91 Å². The summed E-state index contributed by atoms with van der Waals surface area (Å²) in [5, 5.41) is 0. The maximum absolute atomic E-state index is 12.3. The molecule has 96 valence electrons. The molecule has 0 saturated carbocycles. The summed E-state index contributed by atoms with van der Waals surface area (Å²) in [5.74, 6) is 0.596. The van der Waals surface area contributed by atoms with Crippen LogP contribution in [0.5, 0.6) is 0 Å². The first kappa shape index (κ1) is 11.7. The molecule has 0 aliphatic carbocycles. The van der Waals surface area contributed by atoms with Crippen molar-refractivity contribution in [3.63, 3.8) is 0 Å². The molecule has 0 aromatic carbocycles. The van der Waals surface area contributed by atoms with E-state index in [1.165, 1.54) is 0 Å². The van der Waals surface area contributed by atoms with E-state index >= 15 is 0 Å². The van der Waals surface area contributed by atoms with Crippen LogP contribution < -0.4 is 0 Å². The highest BCUT2D eigenvalue weighted by Gasteiger charge is 2.42. The first-order valence-corrected chi connectivity index (χ1v) is 6.50. The molecule has 3 atom stereocenters. The van der Waals surface area contributed by atoms with Crippen LogP contribution in [0.15, 0.2) is 18.5 Å². The lowest BCUT2D eigenvalue weighted by Crippen LogP contribution is -2.31. The second kappa shape index (κ2) is 4.35. The van der Waals surface area contributed by atoms with Crippen LogP contribution in [0.4, 0.5) is 0 Å². The smallest absolute Gasteiger partial charge is 0.255 e. The van der Waals surface area contributed by atoms with Gasteiger partial charge in [-0.2, -0.15) is 0 Å². The molecular weight excluding hydrogens is 228 g/mol. The summed E-state index contributed by atoms with van der Waals surface area (Å²) in [6, 6.07) is 1.90. The zero-order valence-electron chi connectivity index (χ0n) is 10.8. The van der Waals surface area contributed by atoms with Crippen LogP contribution in [0.2, 0.25) is 0 Å². The Kier molecular flexibility index (Phi) is 2.82. The van der Waals surface area contributed by atoms with Crippen molar-refractivity contribution in [2.24, 2.45) is 5.92 Å². The zero-order chi connectivity index (χ0) is 12.7. The zero-order valence-corrected chi connectivity index (χ0v) is 10.8. The Morgan fingerprint density at radius 3 is 3.00 bits per heavy atom. The van der Waals surface area contributed by atoms with Gasteiger partial charge in [0.15, 0.2) is 0 Å². The third-order valence-corrected chi connectivity index (χ3v) is 3.83. The highest BCUT2D eigenvalue weighted by Crippen LogP contribution is 2.33. The summed E-state index contributed by atoms with van der Waals surface area (Å²) in [5.41, 5.74) is 1.70. The summed E-state index contributed by atoms with van der Waals surface area (Å²) in [6.07, 6.45) is 5.06. The van der Waals surface area contributed by atoms with Gasteiger partial charge < -0.3 is 9.64 Å². The SMILES string of the molecule is Cc1cncc(C(=O)N2C[C@@H]3C[C@@H](C)O[C@@H]3C2)c1. The van der Waals surface area contributed by atoms with Gasteiger partial charge in [0, 0.05) is 31.4 Å². The number of carbonyl (C=O) groups excluding carboxylic acids is 1. The van der Waals surface area contributed by atoms with Gasteiger partial charge in [0.2, 0.25) is 0 Å². The molecule has 0 N–H and O–H groups in total. The molecule has 0 unspecified atom stereocenters. The fourth-order valence-corrected chi connectivity index (χ4v) is 3.02. The Balaban J connectivity index is 1.72. The number of pyridine rings is 1. The van der Waals surface area contributed by atoms with Crippen molar-refractivity contribution in [3.8, 4) is 0 Å². The van der Waals surface area contributed by atoms with E-state index < -0.39 is 0 Å². The molecule has 3 rings (SSSR count). The van der Waals surface area contributed by atoms with Gasteiger partial charge in [-0.25, -0.2) is 0 Å². The Hall–Kier alpha value is -1.42. The average Bonchev–Trinajstić information content (AvgIpc) is 2.85. The molecule has 0 radical (unpaired) electrons. The highest BCUT2D eigenvalue weighted by atomic mass is 16.5. The van der Waals surface area contributed by atoms with Crippen molar-refractivity contribution < 1.29 is 9.53 Å². The van der Waals surface area contributed by atoms with E-state index in [0.717, 1.165) is 25.1 Å². The number of hydrogen-bond acceptors (Lipinski definition) is 3. The lowest BCUT2D eigenvalue weighted by Gasteiger charge is -2.18. The van der Waals surface area contributed by atoms with E-state index in [1.807, 2.05) is 17.9 Å². The molecule has 18 heavy (non-hydrogen) atoms. The van der Waals surface area contributed by atoms with Crippen molar-refractivity contribution in [2.75, 3.05) is 13.1 Å². The van der Waals surface area contributed by atoms with E-state index in [2.05, 4.69) is 11.9 Å². The van der Waals surface area contributed by atoms with Crippen molar-refractivity contribution in [1.29, 1.82) is 0 Å². The Morgan fingerprint density at radius 1 is 1.44 bits per heavy atom. The predicted octanol–water partition coefficient (Wildman–Crippen LogP) is 1.64. The van der Waals surface area contributed by atoms with E-state index in [-0.39, 0.29) is 12.0 Å². The van der Waals surface area contributed by atoms with E-state index in [0.29, 0.717) is 17.6 Å². The van der Waals surface area contributed by atoms with Gasteiger partial charge in [0.05, 0.1) is 17.8 Å². The number of ether oxygens (including phenoxy) is 1. The Bertz CT molecular complexity index is 461. The number of likely N-dealkylation sites (tertiary alicyclic amines) is 1. The molecule has 2 fully saturated rings. The van der Waals surface area contributed by atoms with Crippen LogP contribution in [0.3, 0.4) is 0 Å². The fourth-order valence-electron chi connectivity index (χ4n) is 3.02. The van der Waals surface area contributed by atoms with Gasteiger partial charge in [-0.1, -0.05) is 0 Å². The van der Waals surface area contributed by atoms with Crippen LogP contribution in [-0.4, -0.2) is 41.1 Å². The number of carbonyl (C=O) groups is 1. The summed E-state index contributed by atoms with van der Waals surface area (Å²) in [4.78, 5) is 18.3. The first-order valence-electron chi connectivity index (χ1n) is 6.50. The van der Waals surface area contributed by atoms with E-state index in [1.54, 1.807) is 12.4 Å². The average molecular weight is 246 g/mol. The normalized spacial score (nSPS) is 30.6. The fraction of sp³-hybridized carbons (Fsp3) is 0.571. The Morgan fingerprint density at radius 2 is 2.28 bits per heavy atom. The molecule has 0 bridgehead atoms. The molecule has 2 saturated heterocycles. The van der Waals surface area contributed by atoms with Gasteiger partial charge in [0.1, 0.15) is 0 Å². The van der Waals surface area contributed by atoms with Crippen LogP contribution >= 0.6 is 0 Å². The van der Waals surface area contributed by atoms with Crippen LogP contribution in [-0.2, 0) is 4.74 Å². The van der Waals surface area contributed by atoms with Gasteiger partial charge in [0.25, 0.3) is 5.91 Å². The number of amides is 1. The number of aryl methyl sites for hydroxylation is 1. The first-order chi connectivity index (χ1) is 8.63. The molecule has 1 amide bonds. The van der Waals surface area contributed by atoms with Crippen LogP contribution in [0, 0.1) is 12.8 Å². The van der Waals surface area contributed by atoms with E-state index in [9.17, 15) is 4.79 Å². The summed E-state index contributed by atoms with van der Waals surface area (Å²) in [6.45, 7) is 5.60. The number of nitrogens with zero attached hydrogens (tertiary/aromatic N) is 2. The third kappa shape index (κ3) is 2.01. The van der Waals surface area contributed by atoms with Crippen molar-refractivity contribution in [3.05, 3.63) is 29.6 Å². The molecular formula is C14H18N2O2. The lowest BCUT2D eigenvalue weighted by molar-refractivity contribution is 0.0443. The minimum Gasteiger partial charge on any atom is -0.373 e.